The van der Waals surface area contributed by atoms with Crippen LogP contribution in [-0.4, -0.2) is 54.0 Å². The number of fused-ring (bicyclic) bond motifs is 2. The van der Waals surface area contributed by atoms with Gasteiger partial charge in [0.2, 0.25) is 0 Å². The molecule has 6 heteroatoms. The Hall–Kier alpha value is -0.170. The average molecular weight is 430 g/mol. The molecule has 0 aromatic carbocycles. The molecule has 8 atom stereocenters. The van der Waals surface area contributed by atoms with Crippen molar-refractivity contribution in [2.24, 2.45) is 11.8 Å². The van der Waals surface area contributed by atoms with Crippen LogP contribution in [0.15, 0.2) is 0 Å². The molecule has 4 bridgehead atoms. The molecule has 5 rings (SSSR count). The third kappa shape index (κ3) is 5.55. The van der Waals surface area contributed by atoms with Gasteiger partial charge >= 0.3 is 0 Å². The van der Waals surface area contributed by atoms with Crippen LogP contribution in [0.2, 0.25) is 0 Å². The standard InChI is InChI=1S/C20H35NO.C3H8O3S/c1-3-5-7-14-9-11-19-20(16(14)8-6-4-2)21-15-10-12-18(22-19)17(21)13-15;1-2-3-7(4,5)6/h14-20H,3-13H2,1-2H3;2-3H2,1H3,(H,4,5,6). The van der Waals surface area contributed by atoms with Gasteiger partial charge in [0.1, 0.15) is 0 Å². The van der Waals surface area contributed by atoms with Crippen molar-refractivity contribution in [1.29, 1.82) is 0 Å². The van der Waals surface area contributed by atoms with E-state index in [-0.39, 0.29) is 5.75 Å². The van der Waals surface area contributed by atoms with Crippen LogP contribution in [0.25, 0.3) is 0 Å². The molecule has 29 heavy (non-hydrogen) atoms. The molecule has 3 aliphatic heterocycles. The van der Waals surface area contributed by atoms with Crippen LogP contribution >= 0.6 is 0 Å². The first-order valence-electron chi connectivity index (χ1n) is 12.3. The Kier molecular flexibility index (Phi) is 8.45. The summed E-state index contributed by atoms with van der Waals surface area (Å²) >= 11 is 0. The summed E-state index contributed by atoms with van der Waals surface area (Å²) in [6.07, 6.45) is 17.1. The molecule has 0 spiro atoms. The zero-order chi connectivity index (χ0) is 21.0. The van der Waals surface area contributed by atoms with Crippen LogP contribution in [0.5, 0.6) is 0 Å². The summed E-state index contributed by atoms with van der Waals surface area (Å²) in [6, 6.07) is 2.50. The number of nitrogens with zero attached hydrogens (tertiary/aromatic N) is 1. The van der Waals surface area contributed by atoms with Crippen molar-refractivity contribution < 1.29 is 17.7 Å². The van der Waals surface area contributed by atoms with E-state index in [1.807, 2.05) is 0 Å². The minimum Gasteiger partial charge on any atom is -0.372 e. The highest BCUT2D eigenvalue weighted by Gasteiger charge is 2.59. The van der Waals surface area contributed by atoms with Gasteiger partial charge in [-0.2, -0.15) is 8.42 Å². The Morgan fingerprint density at radius 3 is 2.21 bits per heavy atom. The first kappa shape index (κ1) is 23.5. The molecule has 0 radical (unpaired) electrons. The van der Waals surface area contributed by atoms with Crippen LogP contribution in [0.1, 0.15) is 97.8 Å². The third-order valence-electron chi connectivity index (χ3n) is 7.75. The van der Waals surface area contributed by atoms with E-state index in [0.717, 1.165) is 30.0 Å². The highest BCUT2D eigenvalue weighted by Crippen LogP contribution is 2.52. The van der Waals surface area contributed by atoms with E-state index in [4.69, 9.17) is 9.29 Å². The van der Waals surface area contributed by atoms with Gasteiger partial charge in [0.05, 0.1) is 18.0 Å². The predicted molar refractivity (Wildman–Crippen MR) is 118 cm³/mol. The quantitative estimate of drug-likeness (QED) is 0.547. The van der Waals surface area contributed by atoms with Crippen molar-refractivity contribution in [3.05, 3.63) is 0 Å². The lowest BCUT2D eigenvalue weighted by Crippen LogP contribution is -2.76. The third-order valence-corrected chi connectivity index (χ3v) is 8.68. The molecule has 2 saturated carbocycles. The van der Waals surface area contributed by atoms with Gasteiger partial charge in [0, 0.05) is 18.1 Å². The molecular weight excluding hydrogens is 386 g/mol. The first-order chi connectivity index (χ1) is 13.9. The Morgan fingerprint density at radius 1 is 0.931 bits per heavy atom. The topological polar surface area (TPSA) is 66.8 Å². The molecule has 3 saturated heterocycles. The van der Waals surface area contributed by atoms with E-state index in [1.54, 1.807) is 6.92 Å². The maximum absolute atomic E-state index is 9.79. The largest absolute Gasteiger partial charge is 0.372 e. The van der Waals surface area contributed by atoms with Gasteiger partial charge < -0.3 is 4.74 Å². The Bertz CT molecular complexity index is 608. The van der Waals surface area contributed by atoms with Crippen molar-refractivity contribution in [3.8, 4) is 0 Å². The fourth-order valence-electron chi connectivity index (χ4n) is 6.47. The summed E-state index contributed by atoms with van der Waals surface area (Å²) in [5, 5.41) is 0. The van der Waals surface area contributed by atoms with E-state index in [9.17, 15) is 8.42 Å². The molecule has 1 N–H and O–H groups in total. The zero-order valence-electron chi connectivity index (χ0n) is 18.8. The maximum atomic E-state index is 9.79. The van der Waals surface area contributed by atoms with Crippen molar-refractivity contribution in [1.82, 2.24) is 4.90 Å². The zero-order valence-corrected chi connectivity index (χ0v) is 19.6. The van der Waals surface area contributed by atoms with Crippen LogP contribution in [-0.2, 0) is 14.9 Å². The molecule has 0 amide bonds. The van der Waals surface area contributed by atoms with E-state index < -0.39 is 10.1 Å². The monoisotopic (exact) mass is 429 g/mol. The lowest BCUT2D eigenvalue weighted by molar-refractivity contribution is -0.262. The average Bonchev–Trinajstić information content (AvgIpc) is 2.65. The van der Waals surface area contributed by atoms with Gasteiger partial charge in [-0.1, -0.05) is 52.9 Å². The second kappa shape index (κ2) is 10.4. The number of hydrogen-bond donors (Lipinski definition) is 1. The minimum absolute atomic E-state index is 0.132. The molecule has 5 aliphatic rings. The van der Waals surface area contributed by atoms with E-state index in [0.29, 0.717) is 18.6 Å². The van der Waals surface area contributed by atoms with Crippen LogP contribution in [0.3, 0.4) is 0 Å². The molecule has 3 heterocycles. The summed E-state index contributed by atoms with van der Waals surface area (Å²) < 4.78 is 34.2. The molecule has 5 fully saturated rings. The van der Waals surface area contributed by atoms with Crippen molar-refractivity contribution in [2.75, 3.05) is 5.75 Å². The first-order valence-corrected chi connectivity index (χ1v) is 13.9. The maximum Gasteiger partial charge on any atom is 0.264 e. The van der Waals surface area contributed by atoms with Gasteiger partial charge in [-0.05, 0) is 56.8 Å². The van der Waals surface area contributed by atoms with Gasteiger partial charge in [0.25, 0.3) is 10.1 Å². The van der Waals surface area contributed by atoms with Crippen molar-refractivity contribution in [3.63, 3.8) is 0 Å². The molecule has 170 valence electrons. The lowest BCUT2D eigenvalue weighted by Gasteiger charge is -2.67. The van der Waals surface area contributed by atoms with Crippen molar-refractivity contribution >= 4 is 10.1 Å². The fraction of sp³-hybridized carbons (Fsp3) is 1.00. The normalized spacial score (nSPS) is 40.3. The number of piperidine rings is 1. The summed E-state index contributed by atoms with van der Waals surface area (Å²) in [5.41, 5.74) is 0. The van der Waals surface area contributed by atoms with E-state index in [1.165, 1.54) is 70.6 Å². The smallest absolute Gasteiger partial charge is 0.264 e. The summed E-state index contributed by atoms with van der Waals surface area (Å²) in [4.78, 5) is 2.97. The number of unbranched alkanes of at least 4 members (excludes halogenated alkanes) is 2. The van der Waals surface area contributed by atoms with E-state index >= 15 is 0 Å². The second-order valence-corrected chi connectivity index (χ2v) is 11.3. The van der Waals surface area contributed by atoms with Crippen molar-refractivity contribution in [2.45, 2.75) is 128 Å². The van der Waals surface area contributed by atoms with E-state index in [2.05, 4.69) is 18.7 Å². The summed E-state index contributed by atoms with van der Waals surface area (Å²) in [7, 11) is -3.67. The molecule has 8 unspecified atom stereocenters. The Balaban J connectivity index is 0.000000298. The number of morpholine rings is 1. The number of ether oxygens (including phenoxy) is 1. The number of rotatable bonds is 8. The Labute approximate surface area is 178 Å². The van der Waals surface area contributed by atoms with Crippen LogP contribution < -0.4 is 0 Å². The number of hydrogen-bond acceptors (Lipinski definition) is 4. The Morgan fingerprint density at radius 2 is 1.62 bits per heavy atom. The highest BCUT2D eigenvalue weighted by atomic mass is 32.2. The van der Waals surface area contributed by atoms with Gasteiger partial charge in [-0.3, -0.25) is 9.45 Å². The molecule has 2 aliphatic carbocycles. The summed E-state index contributed by atoms with van der Waals surface area (Å²) in [5.74, 6) is 1.77. The summed E-state index contributed by atoms with van der Waals surface area (Å²) in [6.45, 7) is 6.39. The highest BCUT2D eigenvalue weighted by molar-refractivity contribution is 7.85. The minimum atomic E-state index is -3.67. The van der Waals surface area contributed by atoms with Crippen LogP contribution in [0, 0.1) is 11.8 Å². The van der Waals surface area contributed by atoms with Gasteiger partial charge in [-0.25, -0.2) is 0 Å². The van der Waals surface area contributed by atoms with Gasteiger partial charge in [-0.15, -0.1) is 0 Å². The molecule has 5 nitrogen and oxygen atoms in total. The molecule has 0 aromatic rings. The van der Waals surface area contributed by atoms with Crippen LogP contribution in [0.4, 0.5) is 0 Å². The molecule has 0 aromatic heterocycles. The fourth-order valence-corrected chi connectivity index (χ4v) is 6.99. The molecular formula is C23H43NO4S. The second-order valence-electron chi connectivity index (χ2n) is 9.76. The SMILES string of the molecule is CCCCC1CCC2OC3CCC4CC3N4C2C1CCCC.CCCS(=O)(=O)O. The van der Waals surface area contributed by atoms with Gasteiger partial charge in [0.15, 0.2) is 0 Å². The predicted octanol–water partition coefficient (Wildman–Crippen LogP) is 5.05. The lowest BCUT2D eigenvalue weighted by atomic mass is 9.64.